The van der Waals surface area contributed by atoms with Crippen molar-refractivity contribution in [1.29, 1.82) is 0 Å². The van der Waals surface area contributed by atoms with Gasteiger partial charge in [0.25, 0.3) is 0 Å². The van der Waals surface area contributed by atoms with Crippen molar-refractivity contribution in [3.8, 4) is 0 Å². The van der Waals surface area contributed by atoms with Crippen molar-refractivity contribution in [3.05, 3.63) is 48.2 Å². The van der Waals surface area contributed by atoms with Gasteiger partial charge in [0.1, 0.15) is 12.7 Å². The summed E-state index contributed by atoms with van der Waals surface area (Å²) in [6.45, 7) is 1.85. The molecule has 0 unspecified atom stereocenters. The number of benzene rings is 1. The number of likely N-dealkylation sites (N-methyl/N-ethyl adjacent to an activating group) is 1. The minimum atomic E-state index is 0. The number of nitrogens with zero attached hydrogens (tertiary/aromatic N) is 5. The van der Waals surface area contributed by atoms with Crippen LogP contribution in [0.4, 0.5) is 0 Å². The topological polar surface area (TPSA) is 44.8 Å². The molecular formula is C16H22ClN5. The number of hydrogen-bond acceptors (Lipinski definition) is 2. The smallest absolute Gasteiger partial charge is 0.137 e. The minimum Gasteiger partial charge on any atom is -0.663 e. The van der Waals surface area contributed by atoms with E-state index >= 15 is 0 Å². The first-order valence-electron chi connectivity index (χ1n) is 7.17. The molecule has 3 rings (SSSR count). The monoisotopic (exact) mass is 319 g/mol. The predicted molar refractivity (Wildman–Crippen MR) is 90.2 cm³/mol. The van der Waals surface area contributed by atoms with E-state index in [9.17, 15) is 0 Å². The molecule has 0 radical (unpaired) electrons. The van der Waals surface area contributed by atoms with E-state index in [-0.39, 0.29) is 12.4 Å². The van der Waals surface area contributed by atoms with Gasteiger partial charge in [0.05, 0.1) is 34.2 Å². The van der Waals surface area contributed by atoms with E-state index in [0.717, 1.165) is 29.5 Å². The van der Waals surface area contributed by atoms with Crippen LogP contribution in [0, 0.1) is 0 Å². The maximum absolute atomic E-state index is 4.52. The molecule has 0 fully saturated rings. The van der Waals surface area contributed by atoms with Crippen molar-refractivity contribution in [3.63, 3.8) is 0 Å². The molecule has 0 amide bonds. The normalized spacial score (nSPS) is 11.6. The highest BCUT2D eigenvalue weighted by Gasteiger charge is 2.08. The molecule has 0 N–H and O–H groups in total. The molecule has 0 aliphatic heterocycles. The van der Waals surface area contributed by atoms with Crippen molar-refractivity contribution in [2.24, 2.45) is 0 Å². The molecule has 2 heterocycles. The van der Waals surface area contributed by atoms with Crippen LogP contribution in [0.3, 0.4) is 0 Å². The van der Waals surface area contributed by atoms with E-state index in [2.05, 4.69) is 54.4 Å². The standard InChI is InChI=1S/C16H21N5.ClH/c1-21(2,3)7-6-14-9-18-16-5-4-13(8-15(14)16)10-20-12-17-11-19-20;/h4-5,8-9,11-12H,6-7,10H2,1-3H3;1H. The molecule has 0 saturated carbocycles. The lowest BCUT2D eigenvalue weighted by Crippen LogP contribution is -2.36. The van der Waals surface area contributed by atoms with Gasteiger partial charge in [-0.2, -0.15) is 11.3 Å². The Morgan fingerprint density at radius 1 is 1.23 bits per heavy atom. The third kappa shape index (κ3) is 3.87. The lowest BCUT2D eigenvalue weighted by Gasteiger charge is -2.23. The number of quaternary nitrogens is 1. The van der Waals surface area contributed by atoms with Crippen LogP contribution in [-0.2, 0) is 13.0 Å². The second-order valence-corrected chi connectivity index (χ2v) is 6.49. The van der Waals surface area contributed by atoms with Crippen LogP contribution < -0.4 is 4.98 Å². The molecule has 0 aliphatic carbocycles. The van der Waals surface area contributed by atoms with E-state index in [0.29, 0.717) is 0 Å². The molecule has 22 heavy (non-hydrogen) atoms. The van der Waals surface area contributed by atoms with Crippen LogP contribution in [-0.4, -0.2) is 46.9 Å². The summed E-state index contributed by atoms with van der Waals surface area (Å²) in [5.74, 6) is 0. The second-order valence-electron chi connectivity index (χ2n) is 6.49. The Labute approximate surface area is 137 Å². The summed E-state index contributed by atoms with van der Waals surface area (Å²) in [6.07, 6.45) is 6.37. The SMILES string of the molecule is C[N+](C)(C)CCc1c[n-]c2ccc(Cn3cncn3)cc12.Cl. The van der Waals surface area contributed by atoms with Crippen LogP contribution in [0.15, 0.2) is 37.1 Å². The van der Waals surface area contributed by atoms with Crippen LogP contribution in [0.5, 0.6) is 0 Å². The summed E-state index contributed by atoms with van der Waals surface area (Å²) in [4.78, 5) is 8.50. The largest absolute Gasteiger partial charge is 0.663 e. The molecule has 0 bridgehead atoms. The van der Waals surface area contributed by atoms with Gasteiger partial charge < -0.3 is 9.47 Å². The molecule has 0 saturated heterocycles. The highest BCUT2D eigenvalue weighted by atomic mass is 35.5. The first-order valence-corrected chi connectivity index (χ1v) is 7.17. The Morgan fingerprint density at radius 2 is 2.05 bits per heavy atom. The van der Waals surface area contributed by atoms with Gasteiger partial charge in [-0.25, -0.2) is 9.67 Å². The number of rotatable bonds is 5. The Hall–Kier alpha value is -1.85. The average Bonchev–Trinajstić information content (AvgIpc) is 3.05. The Morgan fingerprint density at radius 3 is 2.73 bits per heavy atom. The molecule has 0 aliphatic rings. The summed E-state index contributed by atoms with van der Waals surface area (Å²) in [5, 5.41) is 5.42. The van der Waals surface area contributed by atoms with Crippen molar-refractivity contribution < 1.29 is 4.48 Å². The fourth-order valence-corrected chi connectivity index (χ4v) is 2.42. The zero-order valence-electron chi connectivity index (χ0n) is 13.2. The maximum atomic E-state index is 4.52. The Bertz CT molecular complexity index is 725. The van der Waals surface area contributed by atoms with Gasteiger partial charge in [-0.3, -0.25) is 0 Å². The third-order valence-corrected chi connectivity index (χ3v) is 3.63. The van der Waals surface area contributed by atoms with Crippen LogP contribution in [0.1, 0.15) is 11.1 Å². The summed E-state index contributed by atoms with van der Waals surface area (Å²) in [6, 6.07) is 6.44. The number of hydrogen-bond donors (Lipinski definition) is 0. The molecule has 0 spiro atoms. The predicted octanol–water partition coefficient (Wildman–Crippen LogP) is 2.11. The fourth-order valence-electron chi connectivity index (χ4n) is 2.42. The third-order valence-electron chi connectivity index (χ3n) is 3.63. The van der Waals surface area contributed by atoms with E-state index in [1.54, 1.807) is 12.7 Å². The van der Waals surface area contributed by atoms with E-state index in [4.69, 9.17) is 0 Å². The summed E-state index contributed by atoms with van der Waals surface area (Å²) in [5.41, 5.74) is 3.64. The molecule has 1 aromatic carbocycles. The number of halogens is 1. The fraction of sp³-hybridized carbons (Fsp3) is 0.375. The number of fused-ring (bicyclic) bond motifs is 1. The number of aromatic nitrogens is 4. The lowest BCUT2D eigenvalue weighted by molar-refractivity contribution is -0.870. The summed E-state index contributed by atoms with van der Waals surface area (Å²) < 4.78 is 2.80. The molecule has 5 nitrogen and oxygen atoms in total. The first-order chi connectivity index (χ1) is 10.0. The molecule has 0 atom stereocenters. The van der Waals surface area contributed by atoms with E-state index in [1.807, 2.05) is 10.9 Å². The molecule has 3 aromatic rings. The van der Waals surface area contributed by atoms with Crippen molar-refractivity contribution in [1.82, 2.24) is 19.7 Å². The highest BCUT2D eigenvalue weighted by molar-refractivity contribution is 5.85. The van der Waals surface area contributed by atoms with Gasteiger partial charge in [-0.15, -0.1) is 17.9 Å². The van der Waals surface area contributed by atoms with Gasteiger partial charge in [0.2, 0.25) is 0 Å². The van der Waals surface area contributed by atoms with Gasteiger partial charge in [-0.05, 0) is 10.9 Å². The average molecular weight is 320 g/mol. The van der Waals surface area contributed by atoms with Crippen molar-refractivity contribution >= 4 is 23.3 Å². The van der Waals surface area contributed by atoms with Gasteiger partial charge in [0.15, 0.2) is 0 Å². The quantitative estimate of drug-likeness (QED) is 0.677. The lowest BCUT2D eigenvalue weighted by atomic mass is 10.1. The highest BCUT2D eigenvalue weighted by Crippen LogP contribution is 2.20. The van der Waals surface area contributed by atoms with Gasteiger partial charge in [0, 0.05) is 6.42 Å². The van der Waals surface area contributed by atoms with Gasteiger partial charge >= 0.3 is 0 Å². The summed E-state index contributed by atoms with van der Waals surface area (Å²) in [7, 11) is 6.65. The van der Waals surface area contributed by atoms with Gasteiger partial charge in [-0.1, -0.05) is 23.8 Å². The minimum absolute atomic E-state index is 0. The molecular weight excluding hydrogens is 298 g/mol. The summed E-state index contributed by atoms with van der Waals surface area (Å²) >= 11 is 0. The molecule has 6 heteroatoms. The zero-order chi connectivity index (χ0) is 14.9. The molecule has 2 aromatic heterocycles. The zero-order valence-corrected chi connectivity index (χ0v) is 14.0. The maximum Gasteiger partial charge on any atom is 0.137 e. The first kappa shape index (κ1) is 16.5. The Balaban J connectivity index is 0.00000176. The second kappa shape index (κ2) is 6.50. The van der Waals surface area contributed by atoms with Crippen LogP contribution in [0.2, 0.25) is 0 Å². The van der Waals surface area contributed by atoms with Crippen molar-refractivity contribution in [2.75, 3.05) is 27.7 Å². The van der Waals surface area contributed by atoms with E-state index < -0.39 is 0 Å². The molecule has 118 valence electrons. The van der Waals surface area contributed by atoms with Crippen molar-refractivity contribution in [2.45, 2.75) is 13.0 Å². The van der Waals surface area contributed by atoms with Crippen LogP contribution in [0.25, 0.3) is 10.9 Å². The van der Waals surface area contributed by atoms with E-state index in [1.165, 1.54) is 16.5 Å². The Kier molecular flexibility index (Phi) is 4.88. The van der Waals surface area contributed by atoms with Crippen LogP contribution >= 0.6 is 12.4 Å².